The molecule has 0 unspecified atom stereocenters. The molecule has 6 nitrogen and oxygen atoms in total. The molecule has 1 fully saturated rings. The fourth-order valence-corrected chi connectivity index (χ4v) is 3.84. The van der Waals surface area contributed by atoms with Crippen molar-refractivity contribution in [3.8, 4) is 5.69 Å². The van der Waals surface area contributed by atoms with Crippen molar-refractivity contribution in [2.75, 3.05) is 18.4 Å². The van der Waals surface area contributed by atoms with Gasteiger partial charge in [-0.15, -0.1) is 0 Å². The van der Waals surface area contributed by atoms with E-state index in [0.717, 1.165) is 22.4 Å². The second kappa shape index (κ2) is 8.07. The summed E-state index contributed by atoms with van der Waals surface area (Å²) in [6.07, 6.45) is 3.23. The van der Waals surface area contributed by atoms with E-state index >= 15 is 0 Å². The van der Waals surface area contributed by atoms with Crippen molar-refractivity contribution >= 4 is 28.5 Å². The summed E-state index contributed by atoms with van der Waals surface area (Å²) < 4.78 is 2.03. The van der Waals surface area contributed by atoms with Crippen molar-refractivity contribution in [1.29, 1.82) is 0 Å². The van der Waals surface area contributed by atoms with Gasteiger partial charge in [-0.1, -0.05) is 26.0 Å². The largest absolute Gasteiger partial charge is 0.342 e. The van der Waals surface area contributed by atoms with Crippen molar-refractivity contribution in [3.63, 3.8) is 0 Å². The van der Waals surface area contributed by atoms with Gasteiger partial charge in [0.25, 0.3) is 0 Å². The molecule has 2 heterocycles. The van der Waals surface area contributed by atoms with Gasteiger partial charge in [0.15, 0.2) is 0 Å². The Kier molecular flexibility index (Phi) is 5.34. The molecule has 0 saturated carbocycles. The lowest BCUT2D eigenvalue weighted by atomic mass is 9.95. The summed E-state index contributed by atoms with van der Waals surface area (Å²) in [4.78, 5) is 31.0. The van der Waals surface area contributed by atoms with Crippen LogP contribution in [0.25, 0.3) is 16.7 Å². The molecule has 150 valence electrons. The molecule has 0 atom stereocenters. The zero-order valence-corrected chi connectivity index (χ0v) is 16.8. The fraction of sp³-hybridized carbons (Fsp3) is 0.348. The standard InChI is InChI=1S/C23H26N4O2/c1-16(2)23(29)26-13-11-17(12-14-26)22(28)25-18-7-9-19(10-8-18)27-15-24-20-5-3-4-6-21(20)27/h3-10,15-17H,11-14H2,1-2H3,(H,25,28). The molecule has 4 rings (SSSR count). The van der Waals surface area contributed by atoms with Crippen molar-refractivity contribution in [3.05, 3.63) is 54.9 Å². The highest BCUT2D eigenvalue weighted by molar-refractivity contribution is 5.93. The lowest BCUT2D eigenvalue weighted by molar-refractivity contribution is -0.137. The maximum atomic E-state index is 12.6. The number of hydrogen-bond donors (Lipinski definition) is 1. The second-order valence-corrected chi connectivity index (χ2v) is 7.89. The number of rotatable bonds is 4. The Morgan fingerprint density at radius 2 is 1.72 bits per heavy atom. The third-order valence-corrected chi connectivity index (χ3v) is 5.54. The van der Waals surface area contributed by atoms with Gasteiger partial charge in [-0.05, 0) is 49.2 Å². The molecular weight excluding hydrogens is 364 g/mol. The van der Waals surface area contributed by atoms with Crippen LogP contribution in [0.3, 0.4) is 0 Å². The number of nitrogens with one attached hydrogen (secondary N) is 1. The van der Waals surface area contributed by atoms with E-state index in [0.29, 0.717) is 25.9 Å². The van der Waals surface area contributed by atoms with Gasteiger partial charge in [-0.2, -0.15) is 0 Å². The van der Waals surface area contributed by atoms with Crippen LogP contribution >= 0.6 is 0 Å². The number of piperidine rings is 1. The number of likely N-dealkylation sites (tertiary alicyclic amines) is 1. The number of aromatic nitrogens is 2. The van der Waals surface area contributed by atoms with Crippen molar-refractivity contribution < 1.29 is 9.59 Å². The molecular formula is C23H26N4O2. The van der Waals surface area contributed by atoms with E-state index in [1.54, 1.807) is 0 Å². The van der Waals surface area contributed by atoms with Crippen LogP contribution in [0.1, 0.15) is 26.7 Å². The quantitative estimate of drug-likeness (QED) is 0.736. The number of fused-ring (bicyclic) bond motifs is 1. The molecule has 2 aromatic carbocycles. The average molecular weight is 390 g/mol. The predicted octanol–water partition coefficient (Wildman–Crippen LogP) is 3.86. The molecule has 3 aromatic rings. The zero-order chi connectivity index (χ0) is 20.4. The number of anilines is 1. The van der Waals surface area contributed by atoms with Crippen molar-refractivity contribution in [1.82, 2.24) is 14.5 Å². The Labute approximate surface area is 170 Å². The minimum atomic E-state index is -0.0523. The van der Waals surface area contributed by atoms with Crippen LogP contribution in [0.15, 0.2) is 54.9 Å². The first-order valence-corrected chi connectivity index (χ1v) is 10.1. The van der Waals surface area contributed by atoms with Crippen LogP contribution < -0.4 is 5.32 Å². The summed E-state index contributed by atoms with van der Waals surface area (Å²) in [7, 11) is 0. The number of imidazole rings is 1. The van der Waals surface area contributed by atoms with Crippen LogP contribution in [-0.4, -0.2) is 39.4 Å². The van der Waals surface area contributed by atoms with Gasteiger partial charge in [0, 0.05) is 36.3 Å². The van der Waals surface area contributed by atoms with Gasteiger partial charge in [0.05, 0.1) is 11.0 Å². The van der Waals surface area contributed by atoms with E-state index < -0.39 is 0 Å². The van der Waals surface area contributed by atoms with Crippen LogP contribution in [-0.2, 0) is 9.59 Å². The molecule has 1 N–H and O–H groups in total. The molecule has 6 heteroatoms. The number of carbonyl (C=O) groups is 2. The monoisotopic (exact) mass is 390 g/mol. The van der Waals surface area contributed by atoms with Gasteiger partial charge in [0.2, 0.25) is 11.8 Å². The van der Waals surface area contributed by atoms with Gasteiger partial charge >= 0.3 is 0 Å². The molecule has 1 saturated heterocycles. The van der Waals surface area contributed by atoms with Crippen LogP contribution in [0.5, 0.6) is 0 Å². The van der Waals surface area contributed by atoms with Crippen LogP contribution in [0.2, 0.25) is 0 Å². The molecule has 1 aliphatic rings. The van der Waals surface area contributed by atoms with Crippen LogP contribution in [0, 0.1) is 11.8 Å². The zero-order valence-electron chi connectivity index (χ0n) is 16.8. The minimum Gasteiger partial charge on any atom is -0.342 e. The first-order valence-electron chi connectivity index (χ1n) is 10.1. The summed E-state index contributed by atoms with van der Waals surface area (Å²) in [5, 5.41) is 3.02. The highest BCUT2D eigenvalue weighted by Crippen LogP contribution is 2.23. The van der Waals surface area contributed by atoms with E-state index in [-0.39, 0.29) is 23.7 Å². The smallest absolute Gasteiger partial charge is 0.227 e. The number of carbonyl (C=O) groups excluding carboxylic acids is 2. The highest BCUT2D eigenvalue weighted by Gasteiger charge is 2.28. The molecule has 2 amide bonds. The van der Waals surface area contributed by atoms with E-state index in [1.807, 2.05) is 78.2 Å². The Hall–Kier alpha value is -3.15. The first kappa shape index (κ1) is 19.2. The number of hydrogen-bond acceptors (Lipinski definition) is 3. The maximum Gasteiger partial charge on any atom is 0.227 e. The first-order chi connectivity index (χ1) is 14.0. The summed E-state index contributed by atoms with van der Waals surface area (Å²) in [5.41, 5.74) is 3.78. The molecule has 0 spiro atoms. The number of para-hydroxylation sites is 2. The molecule has 0 bridgehead atoms. The lowest BCUT2D eigenvalue weighted by Gasteiger charge is -2.32. The van der Waals surface area contributed by atoms with E-state index in [1.165, 1.54) is 0 Å². The third-order valence-electron chi connectivity index (χ3n) is 5.54. The normalized spacial score (nSPS) is 15.1. The third kappa shape index (κ3) is 4.01. The van der Waals surface area contributed by atoms with E-state index in [4.69, 9.17) is 0 Å². The topological polar surface area (TPSA) is 67.2 Å². The van der Waals surface area contributed by atoms with Crippen molar-refractivity contribution in [2.24, 2.45) is 11.8 Å². The summed E-state index contributed by atoms with van der Waals surface area (Å²) in [6.45, 7) is 5.14. The Balaban J connectivity index is 1.38. The van der Waals surface area contributed by atoms with Crippen molar-refractivity contribution in [2.45, 2.75) is 26.7 Å². The molecule has 0 radical (unpaired) electrons. The second-order valence-electron chi connectivity index (χ2n) is 7.89. The highest BCUT2D eigenvalue weighted by atomic mass is 16.2. The number of nitrogens with zero attached hydrogens (tertiary/aromatic N) is 3. The van der Waals surface area contributed by atoms with Gasteiger partial charge in [0.1, 0.15) is 6.33 Å². The molecule has 1 aromatic heterocycles. The van der Waals surface area contributed by atoms with E-state index in [2.05, 4.69) is 10.3 Å². The summed E-state index contributed by atoms with van der Waals surface area (Å²) in [6, 6.07) is 15.8. The molecule has 29 heavy (non-hydrogen) atoms. The average Bonchev–Trinajstić information content (AvgIpc) is 3.18. The number of benzene rings is 2. The maximum absolute atomic E-state index is 12.6. The Morgan fingerprint density at radius 3 is 2.41 bits per heavy atom. The molecule has 0 aliphatic carbocycles. The predicted molar refractivity (Wildman–Crippen MR) is 114 cm³/mol. The summed E-state index contributed by atoms with van der Waals surface area (Å²) in [5.74, 6) is 0.156. The van der Waals surface area contributed by atoms with Gasteiger partial charge in [-0.3, -0.25) is 14.2 Å². The van der Waals surface area contributed by atoms with Crippen LogP contribution in [0.4, 0.5) is 5.69 Å². The minimum absolute atomic E-state index is 0.00603. The van der Waals surface area contributed by atoms with Gasteiger partial charge in [-0.25, -0.2) is 4.98 Å². The Bertz CT molecular complexity index is 1010. The summed E-state index contributed by atoms with van der Waals surface area (Å²) >= 11 is 0. The SMILES string of the molecule is CC(C)C(=O)N1CCC(C(=O)Nc2ccc(-n3cnc4ccccc43)cc2)CC1. The van der Waals surface area contributed by atoms with Gasteiger partial charge < -0.3 is 10.2 Å². The lowest BCUT2D eigenvalue weighted by Crippen LogP contribution is -2.43. The van der Waals surface area contributed by atoms with E-state index in [9.17, 15) is 9.59 Å². The fourth-order valence-electron chi connectivity index (χ4n) is 3.84. The number of amides is 2. The molecule has 1 aliphatic heterocycles. The Morgan fingerprint density at radius 1 is 1.03 bits per heavy atom.